The molecule has 0 amide bonds. The molecule has 0 unspecified atom stereocenters. The SMILES string of the molecule is [2H]C(C)(C)c1cc(-c2[c-]cccc2)ncc1[Si](C)(C)C.[2H]C([2H])(c1ccnc(-c2[c-]ccc3c2oc2c(-c4ccccc4)c(C(C)C)ccc23)c1)C(C)(C)C.[Ir]. The van der Waals surface area contributed by atoms with Gasteiger partial charge in [0.15, 0.2) is 0 Å². The van der Waals surface area contributed by atoms with E-state index in [9.17, 15) is 0 Å². The van der Waals surface area contributed by atoms with E-state index < -0.39 is 25.8 Å². The number of nitrogens with zero attached hydrogens (tertiary/aromatic N) is 2. The summed E-state index contributed by atoms with van der Waals surface area (Å²) in [5.41, 5.74) is 9.51. The van der Waals surface area contributed by atoms with Crippen molar-refractivity contribution < 1.29 is 28.6 Å². The van der Waals surface area contributed by atoms with E-state index >= 15 is 0 Å². The topological polar surface area (TPSA) is 38.9 Å². The van der Waals surface area contributed by atoms with Gasteiger partial charge in [-0.25, -0.2) is 0 Å². The van der Waals surface area contributed by atoms with Crippen LogP contribution in [0.15, 0.2) is 114 Å². The maximum atomic E-state index is 8.72. The van der Waals surface area contributed by atoms with E-state index in [1.54, 1.807) is 12.3 Å². The first kappa shape index (κ1) is 35.9. The second kappa shape index (κ2) is 16.5. The van der Waals surface area contributed by atoms with E-state index in [4.69, 9.17) is 8.53 Å². The predicted octanol–water partition coefficient (Wildman–Crippen LogP) is 13.0. The van der Waals surface area contributed by atoms with Crippen molar-refractivity contribution in [1.82, 2.24) is 9.97 Å². The van der Waals surface area contributed by atoms with Crippen molar-refractivity contribution >= 4 is 35.2 Å². The molecule has 275 valence electrons. The molecule has 0 saturated carbocycles. The first-order valence-electron chi connectivity index (χ1n) is 19.7. The Labute approximate surface area is 335 Å². The third-order valence-corrected chi connectivity index (χ3v) is 11.1. The van der Waals surface area contributed by atoms with E-state index in [-0.39, 0.29) is 20.1 Å². The molecule has 7 rings (SSSR count). The fraction of sp³-hybridized carbons (Fsp3) is 0.292. The minimum absolute atomic E-state index is 0. The first-order valence-corrected chi connectivity index (χ1v) is 21.7. The van der Waals surface area contributed by atoms with Crippen LogP contribution in [0.4, 0.5) is 0 Å². The van der Waals surface area contributed by atoms with Crippen LogP contribution in [0.1, 0.15) is 81.1 Å². The summed E-state index contributed by atoms with van der Waals surface area (Å²) in [6, 6.07) is 38.7. The zero-order valence-corrected chi connectivity index (χ0v) is 36.0. The summed E-state index contributed by atoms with van der Waals surface area (Å²) in [6.45, 7) is 20.9. The molecule has 5 heteroatoms. The van der Waals surface area contributed by atoms with E-state index in [1.807, 2.05) is 89.3 Å². The molecule has 0 atom stereocenters. The van der Waals surface area contributed by atoms with Crippen LogP contribution in [0.5, 0.6) is 0 Å². The standard InChI is InChI=1S/C31H30NO.C17H22NSi.Ir/c1-20(2)23-14-15-25-24-12-9-13-26(27-18-21(16-17-32-27)19-31(3,4)5)29(24)33-30(25)28(23)22-10-7-6-8-11-22;1-13(2)15-11-16(14-9-7-6-8-10-14)18-12-17(15)19(3,4)5;/h6-12,14-18,20H,19H2,1-5H3;6-9,11-13H,1-5H3;/q2*-1;/i19D2;13D;. The van der Waals surface area contributed by atoms with Crippen molar-refractivity contribution in [3.8, 4) is 33.6 Å². The molecule has 4 aromatic carbocycles. The molecule has 0 aliphatic heterocycles. The van der Waals surface area contributed by atoms with Gasteiger partial charge in [0.05, 0.1) is 13.7 Å². The number of benzene rings is 4. The van der Waals surface area contributed by atoms with Crippen molar-refractivity contribution in [3.63, 3.8) is 0 Å². The summed E-state index contributed by atoms with van der Waals surface area (Å²) in [7, 11) is -1.50. The van der Waals surface area contributed by atoms with Crippen molar-refractivity contribution in [2.75, 3.05) is 0 Å². The fourth-order valence-electron chi connectivity index (χ4n) is 6.64. The molecule has 0 N–H and O–H groups in total. The number of hydrogen-bond donors (Lipinski definition) is 0. The summed E-state index contributed by atoms with van der Waals surface area (Å²) >= 11 is 0. The van der Waals surface area contributed by atoms with E-state index in [2.05, 4.69) is 98.1 Å². The van der Waals surface area contributed by atoms with Gasteiger partial charge < -0.3 is 14.4 Å². The van der Waals surface area contributed by atoms with Crippen LogP contribution in [0, 0.1) is 17.5 Å². The largest absolute Gasteiger partial charge is 0.500 e. The molecule has 53 heavy (non-hydrogen) atoms. The van der Waals surface area contributed by atoms with Crippen LogP contribution in [0.3, 0.4) is 0 Å². The zero-order chi connectivity index (χ0) is 39.9. The second-order valence-electron chi connectivity index (χ2n) is 16.1. The van der Waals surface area contributed by atoms with Gasteiger partial charge in [-0.3, -0.25) is 0 Å². The van der Waals surface area contributed by atoms with E-state index in [1.165, 1.54) is 10.8 Å². The Morgan fingerprint density at radius 1 is 0.774 bits per heavy atom. The monoisotopic (exact) mass is 896 g/mol. The second-order valence-corrected chi connectivity index (χ2v) is 21.1. The molecule has 7 aromatic rings. The molecule has 3 heterocycles. The van der Waals surface area contributed by atoms with Crippen molar-refractivity contribution in [3.05, 3.63) is 138 Å². The third-order valence-electron chi connectivity index (χ3n) is 9.09. The average molecular weight is 896 g/mol. The van der Waals surface area contributed by atoms with Crippen LogP contribution in [0.2, 0.25) is 19.6 Å². The predicted molar refractivity (Wildman–Crippen MR) is 224 cm³/mol. The molecule has 3 aromatic heterocycles. The number of pyridine rings is 2. The minimum atomic E-state index is -1.51. The summed E-state index contributed by atoms with van der Waals surface area (Å²) in [4.78, 5) is 9.20. The number of aromatic nitrogens is 2. The Morgan fingerprint density at radius 2 is 1.49 bits per heavy atom. The van der Waals surface area contributed by atoms with Gasteiger partial charge in [0.2, 0.25) is 0 Å². The Balaban J connectivity index is 0.000000244. The number of furan rings is 1. The number of hydrogen-bond acceptors (Lipinski definition) is 3. The van der Waals surface area contributed by atoms with Crippen molar-refractivity contribution in [2.45, 2.75) is 86.3 Å². The summed E-state index contributed by atoms with van der Waals surface area (Å²) < 4.78 is 32.5. The van der Waals surface area contributed by atoms with Gasteiger partial charge >= 0.3 is 0 Å². The molecule has 0 saturated heterocycles. The Morgan fingerprint density at radius 3 is 2.13 bits per heavy atom. The van der Waals surface area contributed by atoms with Gasteiger partial charge in [-0.15, -0.1) is 54.1 Å². The van der Waals surface area contributed by atoms with Gasteiger partial charge in [0.25, 0.3) is 0 Å². The average Bonchev–Trinajstić information content (AvgIpc) is 3.53. The molecule has 0 fully saturated rings. The van der Waals surface area contributed by atoms with E-state index in [0.717, 1.165) is 55.4 Å². The molecule has 0 bridgehead atoms. The van der Waals surface area contributed by atoms with Gasteiger partial charge in [-0.05, 0) is 57.4 Å². The van der Waals surface area contributed by atoms with Crippen LogP contribution in [-0.2, 0) is 26.5 Å². The van der Waals surface area contributed by atoms with Crippen molar-refractivity contribution in [1.29, 1.82) is 0 Å². The van der Waals surface area contributed by atoms with E-state index in [0.29, 0.717) is 17.2 Å². The Kier molecular flexibility index (Phi) is 11.1. The maximum absolute atomic E-state index is 8.72. The quantitative estimate of drug-likeness (QED) is 0.118. The molecular weight excluding hydrogens is 841 g/mol. The molecular formula is C48H52IrN2OSi-2. The summed E-state index contributed by atoms with van der Waals surface area (Å²) in [5.74, 6) is -0.269. The first-order chi connectivity index (χ1) is 25.8. The third kappa shape index (κ3) is 9.15. The Bertz CT molecular complexity index is 2440. The summed E-state index contributed by atoms with van der Waals surface area (Å²) in [6.07, 6.45) is 2.14. The maximum Gasteiger partial charge on any atom is 0.129 e. The smallest absolute Gasteiger partial charge is 0.129 e. The number of rotatable bonds is 7. The van der Waals surface area contributed by atoms with Crippen LogP contribution >= 0.6 is 0 Å². The fourth-order valence-corrected chi connectivity index (χ4v) is 8.22. The molecule has 0 aliphatic carbocycles. The van der Waals surface area contributed by atoms with Crippen LogP contribution < -0.4 is 5.19 Å². The van der Waals surface area contributed by atoms with Gasteiger partial charge in [-0.1, -0.05) is 145 Å². The van der Waals surface area contributed by atoms with Gasteiger partial charge in [0, 0.05) is 47.6 Å². The number of fused-ring (bicyclic) bond motifs is 3. The molecule has 1 radical (unpaired) electrons. The zero-order valence-electron chi connectivity index (χ0n) is 35.6. The molecule has 3 nitrogen and oxygen atoms in total. The molecule has 0 spiro atoms. The summed E-state index contributed by atoms with van der Waals surface area (Å²) in [5, 5.41) is 3.34. The normalized spacial score (nSPS) is 13.2. The van der Waals surface area contributed by atoms with Gasteiger partial charge in [0.1, 0.15) is 5.58 Å². The van der Waals surface area contributed by atoms with Gasteiger partial charge in [-0.2, -0.15) is 0 Å². The van der Waals surface area contributed by atoms with Crippen LogP contribution in [-0.4, -0.2) is 18.0 Å². The Hall–Kier alpha value is -4.15. The molecule has 0 aliphatic rings. The van der Waals surface area contributed by atoms with Crippen molar-refractivity contribution in [2.24, 2.45) is 5.41 Å². The van der Waals surface area contributed by atoms with Crippen LogP contribution in [0.25, 0.3) is 55.6 Å². The minimum Gasteiger partial charge on any atom is -0.500 e.